The highest BCUT2D eigenvalue weighted by atomic mass is 16.5. The lowest BCUT2D eigenvalue weighted by Crippen LogP contribution is -2.51. The molecule has 1 rings (SSSR count). The Morgan fingerprint density at radius 2 is 1.95 bits per heavy atom. The van der Waals surface area contributed by atoms with E-state index in [1.165, 1.54) is 0 Å². The van der Waals surface area contributed by atoms with Crippen molar-refractivity contribution in [1.29, 1.82) is 0 Å². The van der Waals surface area contributed by atoms with E-state index in [0.29, 0.717) is 13.1 Å². The summed E-state index contributed by atoms with van der Waals surface area (Å²) in [6, 6.07) is 0. The maximum absolute atomic E-state index is 12.2. The van der Waals surface area contributed by atoms with Crippen LogP contribution in [0.15, 0.2) is 0 Å². The van der Waals surface area contributed by atoms with Gasteiger partial charge in [0.25, 0.3) is 0 Å². The molecule has 0 aromatic heterocycles. The standard InChI is InChI=1S/C13H23NO5/c1-9-6-14(7-10(8-15)19-9)11(16)4-13(2,3)5-12(17)18/h9-10,15H,4-8H2,1-3H3,(H,17,18). The highest BCUT2D eigenvalue weighted by Crippen LogP contribution is 2.26. The first-order chi connectivity index (χ1) is 8.73. The zero-order chi connectivity index (χ0) is 14.6. The number of amides is 1. The molecule has 0 bridgehead atoms. The molecule has 1 aliphatic rings. The quantitative estimate of drug-likeness (QED) is 0.761. The fourth-order valence-electron chi connectivity index (χ4n) is 2.34. The fourth-order valence-corrected chi connectivity index (χ4v) is 2.34. The molecule has 1 aliphatic heterocycles. The minimum atomic E-state index is -0.901. The average molecular weight is 273 g/mol. The van der Waals surface area contributed by atoms with E-state index < -0.39 is 11.4 Å². The zero-order valence-corrected chi connectivity index (χ0v) is 11.8. The summed E-state index contributed by atoms with van der Waals surface area (Å²) >= 11 is 0. The summed E-state index contributed by atoms with van der Waals surface area (Å²) in [5.41, 5.74) is -0.570. The molecule has 1 amide bonds. The number of aliphatic hydroxyl groups is 1. The Labute approximate surface area is 113 Å². The topological polar surface area (TPSA) is 87.1 Å². The first kappa shape index (κ1) is 15.9. The van der Waals surface area contributed by atoms with E-state index in [-0.39, 0.29) is 37.6 Å². The van der Waals surface area contributed by atoms with Gasteiger partial charge in [0.2, 0.25) is 5.91 Å². The molecule has 6 heteroatoms. The number of hydrogen-bond donors (Lipinski definition) is 2. The summed E-state index contributed by atoms with van der Waals surface area (Å²) in [5, 5.41) is 17.9. The second kappa shape index (κ2) is 6.34. The van der Waals surface area contributed by atoms with E-state index in [2.05, 4.69) is 0 Å². The van der Waals surface area contributed by atoms with Crippen LogP contribution in [0, 0.1) is 5.41 Å². The maximum atomic E-state index is 12.2. The normalized spacial score (nSPS) is 24.3. The van der Waals surface area contributed by atoms with E-state index in [1.807, 2.05) is 6.92 Å². The van der Waals surface area contributed by atoms with Crippen molar-refractivity contribution in [2.45, 2.75) is 45.8 Å². The molecule has 1 heterocycles. The number of carboxylic acid groups (broad SMARTS) is 1. The van der Waals surface area contributed by atoms with Crippen LogP contribution in [-0.2, 0) is 14.3 Å². The molecule has 0 aliphatic carbocycles. The minimum absolute atomic E-state index is 0.0396. The van der Waals surface area contributed by atoms with Gasteiger partial charge in [0.05, 0.1) is 25.2 Å². The number of morpholine rings is 1. The van der Waals surface area contributed by atoms with Crippen molar-refractivity contribution in [2.75, 3.05) is 19.7 Å². The molecule has 2 atom stereocenters. The summed E-state index contributed by atoms with van der Waals surface area (Å²) in [4.78, 5) is 24.6. The number of carboxylic acids is 1. The van der Waals surface area contributed by atoms with Crippen LogP contribution in [0.25, 0.3) is 0 Å². The molecule has 19 heavy (non-hydrogen) atoms. The van der Waals surface area contributed by atoms with Crippen LogP contribution in [-0.4, -0.2) is 58.9 Å². The third-order valence-electron chi connectivity index (χ3n) is 3.14. The molecule has 0 aromatic rings. The third kappa shape index (κ3) is 5.16. The summed E-state index contributed by atoms with van der Waals surface area (Å²) in [6.07, 6.45) is -0.320. The van der Waals surface area contributed by atoms with Crippen LogP contribution in [0.2, 0.25) is 0 Å². The predicted octanol–water partition coefficient (Wildman–Crippen LogP) is 0.486. The lowest BCUT2D eigenvalue weighted by Gasteiger charge is -2.37. The van der Waals surface area contributed by atoms with E-state index in [9.17, 15) is 9.59 Å². The number of aliphatic hydroxyl groups excluding tert-OH is 1. The maximum Gasteiger partial charge on any atom is 0.303 e. The van der Waals surface area contributed by atoms with Gasteiger partial charge in [0.15, 0.2) is 0 Å². The van der Waals surface area contributed by atoms with Gasteiger partial charge in [-0.15, -0.1) is 0 Å². The largest absolute Gasteiger partial charge is 0.481 e. The number of hydrogen-bond acceptors (Lipinski definition) is 4. The van der Waals surface area contributed by atoms with Gasteiger partial charge in [-0.1, -0.05) is 13.8 Å². The minimum Gasteiger partial charge on any atom is -0.481 e. The molecule has 1 fully saturated rings. The average Bonchev–Trinajstić information content (AvgIpc) is 2.25. The number of nitrogens with zero attached hydrogens (tertiary/aromatic N) is 1. The third-order valence-corrected chi connectivity index (χ3v) is 3.14. The lowest BCUT2D eigenvalue weighted by molar-refractivity contribution is -0.150. The van der Waals surface area contributed by atoms with Crippen LogP contribution in [0.3, 0.4) is 0 Å². The van der Waals surface area contributed by atoms with E-state index in [4.69, 9.17) is 14.9 Å². The Kier molecular flexibility index (Phi) is 5.31. The number of ether oxygens (including phenoxy) is 1. The van der Waals surface area contributed by atoms with Gasteiger partial charge in [-0.3, -0.25) is 9.59 Å². The Balaban J connectivity index is 2.59. The second-order valence-electron chi connectivity index (χ2n) is 5.96. The molecule has 0 aromatic carbocycles. The van der Waals surface area contributed by atoms with E-state index in [1.54, 1.807) is 18.7 Å². The van der Waals surface area contributed by atoms with Crippen LogP contribution >= 0.6 is 0 Å². The van der Waals surface area contributed by atoms with Crippen molar-refractivity contribution in [3.8, 4) is 0 Å². The fraction of sp³-hybridized carbons (Fsp3) is 0.846. The molecule has 0 saturated carbocycles. The van der Waals surface area contributed by atoms with Gasteiger partial charge < -0.3 is 19.8 Å². The Bertz CT molecular complexity index is 342. The molecule has 6 nitrogen and oxygen atoms in total. The van der Waals surface area contributed by atoms with Gasteiger partial charge in [-0.2, -0.15) is 0 Å². The molecule has 0 radical (unpaired) electrons. The Morgan fingerprint density at radius 1 is 1.32 bits per heavy atom. The van der Waals surface area contributed by atoms with E-state index in [0.717, 1.165) is 0 Å². The highest BCUT2D eigenvalue weighted by molar-refractivity contribution is 5.78. The summed E-state index contributed by atoms with van der Waals surface area (Å²) in [5.74, 6) is -0.985. The molecular formula is C13H23NO5. The number of carbonyl (C=O) groups is 2. The molecule has 1 saturated heterocycles. The lowest BCUT2D eigenvalue weighted by atomic mass is 9.85. The predicted molar refractivity (Wildman–Crippen MR) is 68.7 cm³/mol. The van der Waals surface area contributed by atoms with Gasteiger partial charge in [0.1, 0.15) is 0 Å². The summed E-state index contributed by atoms with van der Waals surface area (Å²) in [7, 11) is 0. The Morgan fingerprint density at radius 3 is 2.47 bits per heavy atom. The first-order valence-corrected chi connectivity index (χ1v) is 6.49. The van der Waals surface area contributed by atoms with Crippen molar-refractivity contribution < 1.29 is 24.5 Å². The van der Waals surface area contributed by atoms with Crippen LogP contribution in [0.4, 0.5) is 0 Å². The molecule has 110 valence electrons. The molecule has 2 unspecified atom stereocenters. The number of aliphatic carboxylic acids is 1. The zero-order valence-electron chi connectivity index (χ0n) is 11.8. The van der Waals surface area contributed by atoms with Crippen LogP contribution < -0.4 is 0 Å². The van der Waals surface area contributed by atoms with Gasteiger partial charge in [-0.05, 0) is 12.3 Å². The number of carbonyl (C=O) groups excluding carboxylic acids is 1. The first-order valence-electron chi connectivity index (χ1n) is 6.49. The second-order valence-corrected chi connectivity index (χ2v) is 5.96. The Hall–Kier alpha value is -1.14. The number of rotatable bonds is 5. The van der Waals surface area contributed by atoms with Crippen molar-refractivity contribution in [1.82, 2.24) is 4.90 Å². The summed E-state index contributed by atoms with van der Waals surface area (Å²) < 4.78 is 5.47. The molecule has 0 spiro atoms. The van der Waals surface area contributed by atoms with E-state index >= 15 is 0 Å². The highest BCUT2D eigenvalue weighted by Gasteiger charge is 2.32. The van der Waals surface area contributed by atoms with Crippen molar-refractivity contribution in [3.05, 3.63) is 0 Å². The summed E-state index contributed by atoms with van der Waals surface area (Å²) in [6.45, 7) is 6.12. The van der Waals surface area contributed by atoms with Gasteiger partial charge in [-0.25, -0.2) is 0 Å². The van der Waals surface area contributed by atoms with Crippen LogP contribution in [0.1, 0.15) is 33.6 Å². The monoisotopic (exact) mass is 273 g/mol. The van der Waals surface area contributed by atoms with Crippen molar-refractivity contribution in [3.63, 3.8) is 0 Å². The smallest absolute Gasteiger partial charge is 0.303 e. The SMILES string of the molecule is CC1CN(C(=O)CC(C)(C)CC(=O)O)CC(CO)O1. The van der Waals surface area contributed by atoms with Crippen molar-refractivity contribution >= 4 is 11.9 Å². The van der Waals surface area contributed by atoms with Crippen molar-refractivity contribution in [2.24, 2.45) is 5.41 Å². The van der Waals surface area contributed by atoms with Gasteiger partial charge in [0, 0.05) is 19.5 Å². The molecule has 2 N–H and O–H groups in total. The van der Waals surface area contributed by atoms with Crippen LogP contribution in [0.5, 0.6) is 0 Å². The van der Waals surface area contributed by atoms with Gasteiger partial charge >= 0.3 is 5.97 Å². The molecular weight excluding hydrogens is 250 g/mol.